The zero-order chi connectivity index (χ0) is 46.9. The first-order chi connectivity index (χ1) is 33.7. The van der Waals surface area contributed by atoms with Gasteiger partial charge in [-0.1, -0.05) is 180 Å². The fraction of sp³-hybridized carbons (Fsp3) is 0.0758. The molecule has 0 fully saturated rings. The molecule has 0 aliphatic heterocycles. The van der Waals surface area contributed by atoms with Crippen molar-refractivity contribution in [1.82, 2.24) is 9.13 Å². The molecule has 0 atom stereocenters. The lowest BCUT2D eigenvalue weighted by Crippen LogP contribution is -2.04. The lowest BCUT2D eigenvalue weighted by Gasteiger charge is -2.20. The van der Waals surface area contributed by atoms with E-state index in [1.54, 1.807) is 0 Å². The summed E-state index contributed by atoms with van der Waals surface area (Å²) in [4.78, 5) is 0. The van der Waals surface area contributed by atoms with Crippen molar-refractivity contribution >= 4 is 43.6 Å². The highest BCUT2D eigenvalue weighted by Crippen LogP contribution is 2.44. The summed E-state index contributed by atoms with van der Waals surface area (Å²) in [6.45, 7) is 10.8. The van der Waals surface area contributed by atoms with E-state index in [9.17, 15) is 5.26 Å². The summed E-state index contributed by atoms with van der Waals surface area (Å²) in [6, 6.07) is 78.2. The average molecular weight is 884 g/mol. The van der Waals surface area contributed by atoms with E-state index in [-0.39, 0.29) is 0 Å². The zero-order valence-corrected chi connectivity index (χ0v) is 39.5. The van der Waals surface area contributed by atoms with E-state index in [2.05, 4.69) is 238 Å². The van der Waals surface area contributed by atoms with E-state index < -0.39 is 0 Å². The Morgan fingerprint density at radius 1 is 0.304 bits per heavy atom. The van der Waals surface area contributed by atoms with Crippen molar-refractivity contribution in [1.29, 1.82) is 5.26 Å². The van der Waals surface area contributed by atoms with Gasteiger partial charge in [-0.05, 0) is 139 Å². The van der Waals surface area contributed by atoms with Crippen LogP contribution >= 0.6 is 0 Å². The predicted molar refractivity (Wildman–Crippen MR) is 291 cm³/mol. The Balaban J connectivity index is 1.18. The first-order valence-electron chi connectivity index (χ1n) is 23.8. The first-order valence-corrected chi connectivity index (χ1v) is 23.8. The second kappa shape index (κ2) is 16.6. The van der Waals surface area contributed by atoms with E-state index >= 15 is 0 Å². The Kier molecular flexibility index (Phi) is 10.0. The van der Waals surface area contributed by atoms with Crippen molar-refractivity contribution < 1.29 is 0 Å². The molecule has 0 unspecified atom stereocenters. The Bertz CT molecular complexity index is 3820. The Hall–Kier alpha value is -8.71. The number of hydrogen-bond acceptors (Lipinski definition) is 1. The Labute approximate surface area is 403 Å². The largest absolute Gasteiger partial charge is 0.309 e. The molecule has 12 aromatic rings. The third kappa shape index (κ3) is 7.30. The summed E-state index contributed by atoms with van der Waals surface area (Å²) in [5.74, 6) is 0. The number of rotatable bonds is 7. The molecule has 2 aromatic heterocycles. The summed E-state index contributed by atoms with van der Waals surface area (Å²) < 4.78 is 4.95. The second-order valence-corrected chi connectivity index (χ2v) is 18.9. The smallest absolute Gasteiger partial charge is 0.0991 e. The van der Waals surface area contributed by atoms with Gasteiger partial charge in [-0.25, -0.2) is 0 Å². The number of hydrogen-bond donors (Lipinski definition) is 0. The maximum Gasteiger partial charge on any atom is 0.0991 e. The molecule has 3 nitrogen and oxygen atoms in total. The van der Waals surface area contributed by atoms with E-state index in [0.717, 1.165) is 61.3 Å². The summed E-state index contributed by atoms with van der Waals surface area (Å²) in [5.41, 5.74) is 24.7. The van der Waals surface area contributed by atoms with Crippen LogP contribution in [-0.4, -0.2) is 9.13 Å². The van der Waals surface area contributed by atoms with E-state index in [0.29, 0.717) is 5.56 Å². The third-order valence-corrected chi connectivity index (χ3v) is 14.2. The van der Waals surface area contributed by atoms with E-state index in [1.807, 2.05) is 18.2 Å². The minimum Gasteiger partial charge on any atom is -0.309 e. The number of benzene rings is 10. The van der Waals surface area contributed by atoms with Gasteiger partial charge in [-0.3, -0.25) is 0 Å². The summed E-state index contributed by atoms with van der Waals surface area (Å²) in [5, 5.41) is 15.1. The highest BCUT2D eigenvalue weighted by atomic mass is 15.0. The van der Waals surface area contributed by atoms with Crippen molar-refractivity contribution in [3.05, 3.63) is 240 Å². The fourth-order valence-electron chi connectivity index (χ4n) is 10.4. The lowest BCUT2D eigenvalue weighted by molar-refractivity contribution is 1.12. The third-order valence-electron chi connectivity index (χ3n) is 14.2. The number of aryl methyl sites for hydroxylation is 5. The lowest BCUT2D eigenvalue weighted by atomic mass is 9.97. The minimum atomic E-state index is 0.619. The maximum atomic E-state index is 10.4. The molecule has 0 N–H and O–H groups in total. The standard InChI is InChI=1S/C66H49N3/c1-41-9-17-47(18-10-41)51-25-29-56-57-30-26-52(48-19-11-42(2)12-20-48)36-64(57)68(63(56)35-51)61-39-60(55-8-6-7-46(34-55)40-67)62(33-45(61)5)69-65-37-53(49-21-13-43(3)14-22-49)27-31-58(65)59-32-28-54(38-66(59)69)50-23-15-44(4)16-24-50/h6-39H,1-5H3. The molecule has 0 aliphatic rings. The molecule has 0 amide bonds. The minimum absolute atomic E-state index is 0.619. The number of aromatic nitrogens is 2. The van der Waals surface area contributed by atoms with Crippen LogP contribution in [0, 0.1) is 45.9 Å². The topological polar surface area (TPSA) is 33.6 Å². The van der Waals surface area contributed by atoms with Crippen LogP contribution in [0.25, 0.3) is 111 Å². The molecule has 0 saturated heterocycles. The molecule has 10 aromatic carbocycles. The van der Waals surface area contributed by atoms with Gasteiger partial charge in [-0.15, -0.1) is 0 Å². The van der Waals surface area contributed by atoms with Gasteiger partial charge in [0.05, 0.1) is 39.4 Å². The zero-order valence-electron chi connectivity index (χ0n) is 39.5. The van der Waals surface area contributed by atoms with Crippen LogP contribution in [0.3, 0.4) is 0 Å². The van der Waals surface area contributed by atoms with Crippen LogP contribution in [-0.2, 0) is 0 Å². The molecule has 0 bridgehead atoms. The van der Waals surface area contributed by atoms with Crippen LogP contribution in [0.5, 0.6) is 0 Å². The molecule has 0 aliphatic carbocycles. The first kappa shape index (κ1) is 41.7. The predicted octanol–water partition coefficient (Wildman–Crippen LogP) is 17.6. The van der Waals surface area contributed by atoms with Crippen LogP contribution in [0.4, 0.5) is 0 Å². The van der Waals surface area contributed by atoms with Crippen LogP contribution in [0.2, 0.25) is 0 Å². The number of nitrogens with zero attached hydrogens (tertiary/aromatic N) is 3. The monoisotopic (exact) mass is 883 g/mol. The van der Waals surface area contributed by atoms with Crippen LogP contribution in [0.15, 0.2) is 206 Å². The molecule has 0 radical (unpaired) electrons. The van der Waals surface area contributed by atoms with Gasteiger partial charge in [0.15, 0.2) is 0 Å². The van der Waals surface area contributed by atoms with Gasteiger partial charge in [0, 0.05) is 32.8 Å². The van der Waals surface area contributed by atoms with Gasteiger partial charge in [0.1, 0.15) is 0 Å². The highest BCUT2D eigenvalue weighted by molar-refractivity contribution is 6.13. The van der Waals surface area contributed by atoms with Gasteiger partial charge in [-0.2, -0.15) is 5.26 Å². The SMILES string of the molecule is Cc1ccc(-c2ccc3c4ccc(-c5ccc(C)cc5)cc4n(-c4cc(-c5cccc(C#N)c5)c(-n5c6cc(-c7ccc(C)cc7)ccc6c6ccc(-c7ccc(C)cc7)cc65)cc4C)c3c2)cc1. The molecule has 69 heavy (non-hydrogen) atoms. The molecule has 2 heterocycles. The average Bonchev–Trinajstić information content (AvgIpc) is 3.88. The van der Waals surface area contributed by atoms with E-state index in [1.165, 1.54) is 77.2 Å². The molecular weight excluding hydrogens is 835 g/mol. The molecular formula is C66H49N3. The maximum absolute atomic E-state index is 10.4. The van der Waals surface area contributed by atoms with E-state index in [4.69, 9.17) is 0 Å². The Morgan fingerprint density at radius 2 is 0.638 bits per heavy atom. The molecule has 328 valence electrons. The summed E-state index contributed by atoms with van der Waals surface area (Å²) in [7, 11) is 0. The van der Waals surface area contributed by atoms with Gasteiger partial charge in [0.2, 0.25) is 0 Å². The molecule has 3 heteroatoms. The molecule has 0 spiro atoms. The van der Waals surface area contributed by atoms with Gasteiger partial charge >= 0.3 is 0 Å². The molecule has 12 rings (SSSR count). The summed E-state index contributed by atoms with van der Waals surface area (Å²) >= 11 is 0. The Morgan fingerprint density at radius 3 is 0.986 bits per heavy atom. The second-order valence-electron chi connectivity index (χ2n) is 18.9. The van der Waals surface area contributed by atoms with Crippen LogP contribution < -0.4 is 0 Å². The normalized spacial score (nSPS) is 11.5. The summed E-state index contributed by atoms with van der Waals surface area (Å²) in [6.07, 6.45) is 0. The number of nitriles is 1. The quantitative estimate of drug-likeness (QED) is 0.157. The van der Waals surface area contributed by atoms with Crippen molar-refractivity contribution in [2.75, 3.05) is 0 Å². The van der Waals surface area contributed by atoms with Gasteiger partial charge < -0.3 is 9.13 Å². The van der Waals surface area contributed by atoms with Crippen LogP contribution in [0.1, 0.15) is 33.4 Å². The van der Waals surface area contributed by atoms with Gasteiger partial charge in [0.25, 0.3) is 0 Å². The van der Waals surface area contributed by atoms with Crippen molar-refractivity contribution in [2.45, 2.75) is 34.6 Å². The van der Waals surface area contributed by atoms with Crippen molar-refractivity contribution in [3.8, 4) is 73.1 Å². The number of fused-ring (bicyclic) bond motifs is 6. The highest BCUT2D eigenvalue weighted by Gasteiger charge is 2.23. The molecule has 0 saturated carbocycles. The van der Waals surface area contributed by atoms with Crippen molar-refractivity contribution in [3.63, 3.8) is 0 Å². The fourth-order valence-corrected chi connectivity index (χ4v) is 10.4. The van der Waals surface area contributed by atoms with Crippen molar-refractivity contribution in [2.24, 2.45) is 0 Å².